The third-order valence-electron chi connectivity index (χ3n) is 2.31. The molecule has 0 amide bonds. The Morgan fingerprint density at radius 3 is 2.68 bits per heavy atom. The highest BCUT2D eigenvalue weighted by Gasteiger charge is 2.17. The molecule has 1 rings (SSSR count). The summed E-state index contributed by atoms with van der Waals surface area (Å²) in [6.07, 6.45) is -0.387. The number of sulfonamides is 1. The van der Waals surface area contributed by atoms with E-state index in [1.165, 1.54) is 13.2 Å². The molecule has 0 bridgehead atoms. The van der Waals surface area contributed by atoms with E-state index in [0.29, 0.717) is 10.9 Å². The SMILES string of the molecule is COCC(O)CCNS(=O)(=O)c1ccc(Br)cc1Br. The lowest BCUT2D eigenvalue weighted by atomic mass is 10.3. The fourth-order valence-electron chi connectivity index (χ4n) is 1.41. The highest BCUT2D eigenvalue weighted by molar-refractivity contribution is 9.11. The van der Waals surface area contributed by atoms with Gasteiger partial charge in [-0.2, -0.15) is 0 Å². The molecule has 19 heavy (non-hydrogen) atoms. The van der Waals surface area contributed by atoms with E-state index in [4.69, 9.17) is 4.74 Å². The zero-order chi connectivity index (χ0) is 14.5. The third kappa shape index (κ3) is 5.49. The number of methoxy groups -OCH3 is 1. The monoisotopic (exact) mass is 415 g/mol. The van der Waals surface area contributed by atoms with E-state index in [2.05, 4.69) is 36.6 Å². The van der Waals surface area contributed by atoms with E-state index >= 15 is 0 Å². The van der Waals surface area contributed by atoms with Crippen molar-refractivity contribution in [3.63, 3.8) is 0 Å². The Labute approximate surface area is 129 Å². The van der Waals surface area contributed by atoms with Gasteiger partial charge in [0.15, 0.2) is 0 Å². The van der Waals surface area contributed by atoms with Crippen LogP contribution in [0.25, 0.3) is 0 Å². The molecule has 108 valence electrons. The molecule has 1 unspecified atom stereocenters. The molecule has 5 nitrogen and oxygen atoms in total. The number of ether oxygens (including phenoxy) is 1. The van der Waals surface area contributed by atoms with Crippen molar-refractivity contribution >= 4 is 41.9 Å². The van der Waals surface area contributed by atoms with Gasteiger partial charge in [0.1, 0.15) is 0 Å². The predicted molar refractivity (Wildman–Crippen MR) is 79.5 cm³/mol. The molecule has 0 radical (unpaired) electrons. The number of aliphatic hydroxyl groups is 1. The average molecular weight is 417 g/mol. The maximum Gasteiger partial charge on any atom is 0.241 e. The van der Waals surface area contributed by atoms with Gasteiger partial charge in [0.2, 0.25) is 10.0 Å². The third-order valence-corrected chi connectivity index (χ3v) is 5.24. The number of rotatable bonds is 7. The number of aliphatic hydroxyl groups excluding tert-OH is 1. The van der Waals surface area contributed by atoms with Crippen molar-refractivity contribution in [2.24, 2.45) is 0 Å². The molecule has 0 saturated carbocycles. The van der Waals surface area contributed by atoms with Crippen LogP contribution < -0.4 is 4.72 Å². The van der Waals surface area contributed by atoms with Crippen LogP contribution in [0, 0.1) is 0 Å². The Kier molecular flexibility index (Phi) is 6.92. The van der Waals surface area contributed by atoms with Gasteiger partial charge in [0.05, 0.1) is 17.6 Å². The van der Waals surface area contributed by atoms with E-state index in [9.17, 15) is 13.5 Å². The van der Waals surface area contributed by atoms with Gasteiger partial charge >= 0.3 is 0 Å². The van der Waals surface area contributed by atoms with Crippen LogP contribution in [0.4, 0.5) is 0 Å². The molecule has 0 heterocycles. The molecule has 1 aromatic carbocycles. The minimum atomic E-state index is -3.59. The minimum absolute atomic E-state index is 0.148. The van der Waals surface area contributed by atoms with E-state index < -0.39 is 16.1 Å². The highest BCUT2D eigenvalue weighted by atomic mass is 79.9. The molecule has 0 aliphatic heterocycles. The minimum Gasteiger partial charge on any atom is -0.391 e. The van der Waals surface area contributed by atoms with Crippen LogP contribution in [0.15, 0.2) is 32.0 Å². The fraction of sp³-hybridized carbons (Fsp3) is 0.455. The average Bonchev–Trinajstić information content (AvgIpc) is 2.28. The van der Waals surface area contributed by atoms with E-state index in [1.54, 1.807) is 12.1 Å². The lowest BCUT2D eigenvalue weighted by Crippen LogP contribution is -2.28. The summed E-state index contributed by atoms with van der Waals surface area (Å²) in [4.78, 5) is 0.164. The Hall–Kier alpha value is 0.01000. The van der Waals surface area contributed by atoms with Crippen molar-refractivity contribution in [1.82, 2.24) is 4.72 Å². The highest BCUT2D eigenvalue weighted by Crippen LogP contribution is 2.25. The molecular formula is C11H15Br2NO4S. The van der Waals surface area contributed by atoms with E-state index in [1.807, 2.05) is 0 Å². The van der Waals surface area contributed by atoms with Crippen molar-refractivity contribution in [2.45, 2.75) is 17.4 Å². The second kappa shape index (κ2) is 7.70. The summed E-state index contributed by atoms with van der Waals surface area (Å²) in [5, 5.41) is 9.43. The largest absolute Gasteiger partial charge is 0.391 e. The second-order valence-electron chi connectivity index (χ2n) is 3.87. The van der Waals surface area contributed by atoms with Gasteiger partial charge < -0.3 is 9.84 Å². The first kappa shape index (κ1) is 17.1. The quantitative estimate of drug-likeness (QED) is 0.711. The van der Waals surface area contributed by atoms with Crippen LogP contribution in [-0.2, 0) is 14.8 Å². The lowest BCUT2D eigenvalue weighted by Gasteiger charge is -2.11. The first-order chi connectivity index (χ1) is 8.86. The Balaban J connectivity index is 2.66. The number of hydrogen-bond acceptors (Lipinski definition) is 4. The Bertz CT molecular complexity index is 521. The standard InChI is InChI=1S/C11H15Br2NO4S/c1-18-7-9(15)4-5-14-19(16,17)11-3-2-8(12)6-10(11)13/h2-3,6,9,14-15H,4-5,7H2,1H3. The second-order valence-corrected chi connectivity index (χ2v) is 7.38. The summed E-state index contributed by atoms with van der Waals surface area (Å²) in [7, 11) is -2.11. The van der Waals surface area contributed by atoms with Gasteiger partial charge in [-0.1, -0.05) is 15.9 Å². The zero-order valence-electron chi connectivity index (χ0n) is 10.3. The number of nitrogens with one attached hydrogen (secondary N) is 1. The molecule has 0 aliphatic carbocycles. The van der Waals surface area contributed by atoms with Gasteiger partial charge in [-0.25, -0.2) is 13.1 Å². The molecule has 0 saturated heterocycles. The summed E-state index contributed by atoms with van der Waals surface area (Å²) < 4.78 is 32.5. The smallest absolute Gasteiger partial charge is 0.241 e. The maximum absolute atomic E-state index is 12.0. The topological polar surface area (TPSA) is 75.6 Å². The van der Waals surface area contributed by atoms with Crippen molar-refractivity contribution in [1.29, 1.82) is 0 Å². The molecule has 2 N–H and O–H groups in total. The van der Waals surface area contributed by atoms with Crippen LogP contribution in [0.3, 0.4) is 0 Å². The summed E-state index contributed by atoms with van der Waals surface area (Å²) >= 11 is 6.47. The first-order valence-electron chi connectivity index (χ1n) is 5.48. The molecule has 0 spiro atoms. The van der Waals surface area contributed by atoms with Gasteiger partial charge in [-0.3, -0.25) is 0 Å². The molecule has 8 heteroatoms. The molecule has 1 aromatic rings. The van der Waals surface area contributed by atoms with Gasteiger partial charge in [0, 0.05) is 22.6 Å². The summed E-state index contributed by atoms with van der Waals surface area (Å²) in [5.74, 6) is 0. The molecule has 0 aliphatic rings. The molecule has 0 aromatic heterocycles. The van der Waals surface area contributed by atoms with Crippen LogP contribution in [0.1, 0.15) is 6.42 Å². The molecule has 1 atom stereocenters. The summed E-state index contributed by atoms with van der Waals surface area (Å²) in [6.45, 7) is 0.332. The van der Waals surface area contributed by atoms with E-state index in [-0.39, 0.29) is 18.0 Å². The van der Waals surface area contributed by atoms with Gasteiger partial charge in [-0.05, 0) is 40.5 Å². The lowest BCUT2D eigenvalue weighted by molar-refractivity contribution is 0.0603. The predicted octanol–water partition coefficient (Wildman–Crippen LogP) is 1.89. The van der Waals surface area contributed by atoms with Crippen LogP contribution >= 0.6 is 31.9 Å². The van der Waals surface area contributed by atoms with Crippen molar-refractivity contribution < 1.29 is 18.3 Å². The fourth-order valence-corrected chi connectivity index (χ4v) is 4.20. The number of hydrogen-bond donors (Lipinski definition) is 2. The number of benzene rings is 1. The summed E-state index contributed by atoms with van der Waals surface area (Å²) in [5.41, 5.74) is 0. The Morgan fingerprint density at radius 1 is 1.42 bits per heavy atom. The normalized spacial score (nSPS) is 13.5. The van der Waals surface area contributed by atoms with Crippen molar-refractivity contribution in [2.75, 3.05) is 20.3 Å². The first-order valence-corrected chi connectivity index (χ1v) is 8.55. The van der Waals surface area contributed by atoms with Crippen molar-refractivity contribution in [3.05, 3.63) is 27.1 Å². The van der Waals surface area contributed by atoms with Crippen molar-refractivity contribution in [3.8, 4) is 0 Å². The molecule has 0 fully saturated rings. The molecular weight excluding hydrogens is 402 g/mol. The van der Waals surface area contributed by atoms with Crippen LogP contribution in [-0.4, -0.2) is 39.9 Å². The van der Waals surface area contributed by atoms with E-state index in [0.717, 1.165) is 4.47 Å². The number of halogens is 2. The van der Waals surface area contributed by atoms with Crippen LogP contribution in [0.5, 0.6) is 0 Å². The summed E-state index contributed by atoms with van der Waals surface area (Å²) in [6, 6.07) is 4.81. The maximum atomic E-state index is 12.0. The van der Waals surface area contributed by atoms with Crippen LogP contribution in [0.2, 0.25) is 0 Å². The van der Waals surface area contributed by atoms with Gasteiger partial charge in [-0.15, -0.1) is 0 Å². The van der Waals surface area contributed by atoms with Gasteiger partial charge in [0.25, 0.3) is 0 Å². The Morgan fingerprint density at radius 2 is 2.11 bits per heavy atom. The zero-order valence-corrected chi connectivity index (χ0v) is 14.3.